The van der Waals surface area contributed by atoms with Crippen molar-refractivity contribution in [1.29, 1.82) is 0 Å². The molecule has 1 amide bonds. The van der Waals surface area contributed by atoms with Gasteiger partial charge in [0.2, 0.25) is 0 Å². The van der Waals surface area contributed by atoms with Crippen molar-refractivity contribution < 1.29 is 4.79 Å². The summed E-state index contributed by atoms with van der Waals surface area (Å²) in [5, 5.41) is 10.7. The van der Waals surface area contributed by atoms with Gasteiger partial charge in [-0.25, -0.2) is 0 Å². The first-order valence-corrected chi connectivity index (χ1v) is 14.8. The van der Waals surface area contributed by atoms with Crippen LogP contribution >= 0.6 is 0 Å². The Bertz CT molecular complexity index is 1850. The summed E-state index contributed by atoms with van der Waals surface area (Å²) in [4.78, 5) is 15.7. The molecule has 0 aliphatic heterocycles. The number of hydrogen-bond donors (Lipinski definition) is 3. The van der Waals surface area contributed by atoms with Crippen molar-refractivity contribution in [3.05, 3.63) is 148 Å². The highest BCUT2D eigenvalue weighted by atomic mass is 16.1. The number of benzene rings is 4. The molecule has 0 unspecified atom stereocenters. The number of nitrogen functional groups attached to an aromatic ring is 1. The molecule has 6 rings (SSSR count). The summed E-state index contributed by atoms with van der Waals surface area (Å²) in [6, 6.07) is 32.9. The summed E-state index contributed by atoms with van der Waals surface area (Å²) < 4.78 is 2.24. The van der Waals surface area contributed by atoms with Gasteiger partial charge in [0.15, 0.2) is 0 Å². The van der Waals surface area contributed by atoms with E-state index in [2.05, 4.69) is 77.1 Å². The van der Waals surface area contributed by atoms with Crippen molar-refractivity contribution in [2.24, 2.45) is 5.73 Å². The Kier molecular flexibility index (Phi) is 8.05. The van der Waals surface area contributed by atoms with E-state index >= 15 is 0 Å². The molecule has 0 saturated heterocycles. The Labute approximate surface area is 251 Å². The third kappa shape index (κ3) is 5.93. The van der Waals surface area contributed by atoms with Gasteiger partial charge in [0, 0.05) is 29.2 Å². The number of aromatic nitrogens is 4. The Morgan fingerprint density at radius 2 is 1.58 bits per heavy atom. The first kappa shape index (κ1) is 28.0. The number of fused-ring (bicyclic) bond motifs is 1. The molecule has 216 valence electrons. The normalized spacial score (nSPS) is 12.0. The molecule has 0 aliphatic carbocycles. The number of aryl methyl sites for hydroxylation is 3. The van der Waals surface area contributed by atoms with Crippen LogP contribution in [0, 0.1) is 0 Å². The second-order valence-electron chi connectivity index (χ2n) is 11.0. The van der Waals surface area contributed by atoms with Crippen LogP contribution in [-0.2, 0) is 32.2 Å². The minimum absolute atomic E-state index is 0.272. The fraction of sp³-hybridized carbons (Fsp3) is 0.194. The molecule has 2 heterocycles. The van der Waals surface area contributed by atoms with Crippen LogP contribution in [0.2, 0.25) is 0 Å². The topological polar surface area (TPSA) is 116 Å². The van der Waals surface area contributed by atoms with Crippen molar-refractivity contribution in [3.63, 3.8) is 0 Å². The Hall–Kier alpha value is -5.17. The smallest absolute Gasteiger partial charge is 0.250 e. The fourth-order valence-corrected chi connectivity index (χ4v) is 5.89. The first-order valence-electron chi connectivity index (χ1n) is 14.8. The maximum absolute atomic E-state index is 12.3. The zero-order valence-corrected chi connectivity index (χ0v) is 24.3. The van der Waals surface area contributed by atoms with Crippen molar-refractivity contribution in [2.75, 3.05) is 5.73 Å². The zero-order chi connectivity index (χ0) is 29.8. The molecule has 2 aromatic heterocycles. The second-order valence-corrected chi connectivity index (χ2v) is 11.0. The summed E-state index contributed by atoms with van der Waals surface area (Å²) in [7, 11) is 0. The second kappa shape index (κ2) is 12.4. The van der Waals surface area contributed by atoms with Gasteiger partial charge >= 0.3 is 0 Å². The number of nitrogens with two attached hydrogens (primary N) is 2. The predicted octanol–water partition coefficient (Wildman–Crippen LogP) is 6.21. The van der Waals surface area contributed by atoms with Crippen molar-refractivity contribution in [2.45, 2.75) is 45.1 Å². The van der Waals surface area contributed by atoms with E-state index in [9.17, 15) is 4.79 Å². The molecule has 0 spiro atoms. The zero-order valence-electron chi connectivity index (χ0n) is 24.3. The summed E-state index contributed by atoms with van der Waals surface area (Å²) in [6.07, 6.45) is 5.23. The summed E-state index contributed by atoms with van der Waals surface area (Å²) in [6.45, 7) is 2.78. The fourth-order valence-electron chi connectivity index (χ4n) is 5.89. The minimum Gasteiger partial charge on any atom is -0.398 e. The standard InChI is InChI=1S/C36H36N6O/c1-2-24-15-17-26(18-16-24)23-42-33(20-19-25-9-4-3-5-10-25)40-41-36(42)31(29-12-8-13-30(34(29)37)35(38)43)21-27-22-39-32-14-7-6-11-28(27)32/h3-18,22,31,39H,2,19-21,23,37H2,1H3,(H2,38,43)/t31-/m1/s1. The highest BCUT2D eigenvalue weighted by Crippen LogP contribution is 2.35. The van der Waals surface area contributed by atoms with Gasteiger partial charge in [-0.1, -0.05) is 91.9 Å². The number of primary amides is 1. The van der Waals surface area contributed by atoms with E-state index < -0.39 is 5.91 Å². The van der Waals surface area contributed by atoms with E-state index in [1.54, 1.807) is 6.07 Å². The first-order chi connectivity index (χ1) is 21.0. The molecule has 0 radical (unpaired) electrons. The van der Waals surface area contributed by atoms with Crippen LogP contribution in [0.1, 0.15) is 62.7 Å². The monoisotopic (exact) mass is 568 g/mol. The van der Waals surface area contributed by atoms with Gasteiger partial charge in [-0.2, -0.15) is 0 Å². The number of hydrogen-bond acceptors (Lipinski definition) is 4. The molecule has 5 N–H and O–H groups in total. The van der Waals surface area contributed by atoms with Gasteiger partial charge in [-0.05, 0) is 59.2 Å². The molecular weight excluding hydrogens is 532 g/mol. The molecule has 6 aromatic rings. The van der Waals surface area contributed by atoms with Gasteiger partial charge < -0.3 is 21.0 Å². The molecule has 7 heteroatoms. The third-order valence-electron chi connectivity index (χ3n) is 8.30. The van der Waals surface area contributed by atoms with E-state index in [4.69, 9.17) is 21.7 Å². The maximum Gasteiger partial charge on any atom is 0.250 e. The molecule has 7 nitrogen and oxygen atoms in total. The number of anilines is 1. The number of amides is 1. The number of carbonyl (C=O) groups excluding carboxylic acids is 1. The average Bonchev–Trinajstić information content (AvgIpc) is 3.63. The number of nitrogens with one attached hydrogen (secondary N) is 1. The Morgan fingerprint density at radius 1 is 0.837 bits per heavy atom. The van der Waals surface area contributed by atoms with Gasteiger partial charge in [0.1, 0.15) is 11.6 Å². The van der Waals surface area contributed by atoms with Crippen molar-refractivity contribution in [1.82, 2.24) is 19.7 Å². The highest BCUT2D eigenvalue weighted by molar-refractivity contribution is 5.98. The predicted molar refractivity (Wildman–Crippen MR) is 172 cm³/mol. The number of H-pyrrole nitrogens is 1. The summed E-state index contributed by atoms with van der Waals surface area (Å²) >= 11 is 0. The largest absolute Gasteiger partial charge is 0.398 e. The Morgan fingerprint density at radius 3 is 2.35 bits per heavy atom. The van der Waals surface area contributed by atoms with Gasteiger partial charge in [0.05, 0.1) is 18.0 Å². The van der Waals surface area contributed by atoms with Crippen LogP contribution in [0.5, 0.6) is 0 Å². The van der Waals surface area contributed by atoms with Gasteiger partial charge in [-0.15, -0.1) is 10.2 Å². The maximum atomic E-state index is 12.3. The molecule has 0 bridgehead atoms. The summed E-state index contributed by atoms with van der Waals surface area (Å²) in [5.41, 5.74) is 19.8. The molecular formula is C36H36N6O. The van der Waals surface area contributed by atoms with Crippen molar-refractivity contribution >= 4 is 22.5 Å². The molecule has 4 aromatic carbocycles. The van der Waals surface area contributed by atoms with Crippen LogP contribution in [0.4, 0.5) is 5.69 Å². The lowest BCUT2D eigenvalue weighted by Gasteiger charge is -2.22. The highest BCUT2D eigenvalue weighted by Gasteiger charge is 2.27. The molecule has 0 aliphatic rings. The van der Waals surface area contributed by atoms with Crippen LogP contribution in [0.3, 0.4) is 0 Å². The Balaban J connectivity index is 1.47. The SMILES string of the molecule is CCc1ccc(Cn2c(CCc3ccccc3)nnc2[C@H](Cc2c[nH]c3ccccc23)c2cccc(C(N)=O)c2N)cc1. The van der Waals surface area contributed by atoms with Crippen LogP contribution < -0.4 is 11.5 Å². The molecule has 1 atom stereocenters. The lowest BCUT2D eigenvalue weighted by atomic mass is 9.88. The molecule has 0 fully saturated rings. The molecule has 0 saturated carbocycles. The van der Waals surface area contributed by atoms with Crippen molar-refractivity contribution in [3.8, 4) is 0 Å². The quantitative estimate of drug-likeness (QED) is 0.161. The van der Waals surface area contributed by atoms with E-state index in [-0.39, 0.29) is 5.92 Å². The van der Waals surface area contributed by atoms with Crippen LogP contribution in [-0.4, -0.2) is 25.7 Å². The van der Waals surface area contributed by atoms with E-state index in [0.717, 1.165) is 52.9 Å². The third-order valence-corrected chi connectivity index (χ3v) is 8.30. The van der Waals surface area contributed by atoms with Crippen LogP contribution in [0.25, 0.3) is 10.9 Å². The number of aromatic amines is 1. The van der Waals surface area contributed by atoms with E-state index in [0.29, 0.717) is 24.2 Å². The number of rotatable bonds is 11. The van der Waals surface area contributed by atoms with E-state index in [1.165, 1.54) is 16.7 Å². The average molecular weight is 569 g/mol. The minimum atomic E-state index is -0.550. The lowest BCUT2D eigenvalue weighted by Crippen LogP contribution is -2.19. The lowest BCUT2D eigenvalue weighted by molar-refractivity contribution is 0.100. The van der Waals surface area contributed by atoms with E-state index in [1.807, 2.05) is 36.5 Å². The summed E-state index contributed by atoms with van der Waals surface area (Å²) in [5.74, 6) is 0.894. The van der Waals surface area contributed by atoms with Gasteiger partial charge in [0.25, 0.3) is 5.91 Å². The van der Waals surface area contributed by atoms with Crippen LogP contribution in [0.15, 0.2) is 103 Å². The van der Waals surface area contributed by atoms with Gasteiger partial charge in [-0.3, -0.25) is 4.79 Å². The number of nitrogens with zero attached hydrogens (tertiary/aromatic N) is 3. The number of carbonyl (C=O) groups is 1. The molecule has 43 heavy (non-hydrogen) atoms. The number of para-hydroxylation sites is 2.